The van der Waals surface area contributed by atoms with Gasteiger partial charge in [0, 0.05) is 55.9 Å². The van der Waals surface area contributed by atoms with Gasteiger partial charge in [0.15, 0.2) is 17.0 Å². The number of hydrogen-bond acceptors (Lipinski definition) is 7. The lowest BCUT2D eigenvalue weighted by Gasteiger charge is -2.34. The number of imidazole rings is 1. The van der Waals surface area contributed by atoms with Crippen LogP contribution in [0, 0.1) is 0 Å². The molecular formula is C29H34N8O. The number of amides is 1. The maximum atomic E-state index is 13.1. The van der Waals surface area contributed by atoms with Gasteiger partial charge in [0.2, 0.25) is 5.95 Å². The van der Waals surface area contributed by atoms with Crippen LogP contribution in [0.5, 0.6) is 0 Å². The van der Waals surface area contributed by atoms with Crippen LogP contribution in [0.15, 0.2) is 60.9 Å². The van der Waals surface area contributed by atoms with Crippen molar-refractivity contribution in [2.24, 2.45) is 0 Å². The van der Waals surface area contributed by atoms with Gasteiger partial charge in [-0.25, -0.2) is 4.98 Å². The fourth-order valence-corrected chi connectivity index (χ4v) is 5.21. The minimum absolute atomic E-state index is 0.0605. The third kappa shape index (κ3) is 4.93. The number of nitrogens with one attached hydrogen (secondary N) is 2. The first-order valence-electron chi connectivity index (χ1n) is 13.6. The number of aryl methyl sites for hydroxylation is 1. The summed E-state index contributed by atoms with van der Waals surface area (Å²) in [6.45, 7) is 9.88. The van der Waals surface area contributed by atoms with E-state index >= 15 is 0 Å². The summed E-state index contributed by atoms with van der Waals surface area (Å²) in [5.41, 5.74) is 4.23. The fourth-order valence-electron chi connectivity index (χ4n) is 5.21. The predicted molar refractivity (Wildman–Crippen MR) is 150 cm³/mol. The van der Waals surface area contributed by atoms with E-state index in [1.54, 1.807) is 0 Å². The van der Waals surface area contributed by atoms with Crippen molar-refractivity contribution in [3.8, 4) is 0 Å². The van der Waals surface area contributed by atoms with E-state index in [0.29, 0.717) is 23.2 Å². The summed E-state index contributed by atoms with van der Waals surface area (Å²) in [5, 5.41) is 6.63. The zero-order valence-corrected chi connectivity index (χ0v) is 22.0. The van der Waals surface area contributed by atoms with Gasteiger partial charge in [-0.1, -0.05) is 43.3 Å². The van der Waals surface area contributed by atoms with Crippen LogP contribution in [0.3, 0.4) is 0 Å². The van der Waals surface area contributed by atoms with Gasteiger partial charge >= 0.3 is 0 Å². The Morgan fingerprint density at radius 1 is 0.974 bits per heavy atom. The first kappa shape index (κ1) is 24.4. The van der Waals surface area contributed by atoms with Crippen molar-refractivity contribution in [1.29, 1.82) is 0 Å². The third-order valence-corrected chi connectivity index (χ3v) is 7.62. The molecule has 0 bridgehead atoms. The Labute approximate surface area is 222 Å². The number of piperazine rings is 1. The molecule has 2 fully saturated rings. The molecule has 1 saturated heterocycles. The SMILES string of the molecule is CCN1CCN(c2nc(Nc3cccc(C(=O)N[C@@H]4C[C@H]4c4ccccc4)c3)c3ncn(CC)c3n2)CC1. The van der Waals surface area contributed by atoms with Gasteiger partial charge in [0.25, 0.3) is 5.91 Å². The van der Waals surface area contributed by atoms with Crippen LogP contribution in [-0.4, -0.2) is 69.1 Å². The number of rotatable bonds is 8. The monoisotopic (exact) mass is 510 g/mol. The van der Waals surface area contributed by atoms with E-state index in [1.807, 2.05) is 53.4 Å². The molecule has 196 valence electrons. The molecule has 0 spiro atoms. The number of carbonyl (C=O) groups is 1. The summed E-state index contributed by atoms with van der Waals surface area (Å²) in [6.07, 6.45) is 2.79. The van der Waals surface area contributed by atoms with Gasteiger partial charge in [-0.3, -0.25) is 4.79 Å². The molecule has 1 amide bonds. The molecule has 9 heteroatoms. The summed E-state index contributed by atoms with van der Waals surface area (Å²) in [4.78, 5) is 32.1. The Balaban J connectivity index is 1.21. The van der Waals surface area contributed by atoms with Gasteiger partial charge in [-0.2, -0.15) is 9.97 Å². The Hall–Kier alpha value is -3.98. The highest BCUT2D eigenvalue weighted by molar-refractivity contribution is 5.96. The van der Waals surface area contributed by atoms with E-state index in [0.717, 1.165) is 62.5 Å². The lowest BCUT2D eigenvalue weighted by molar-refractivity contribution is 0.0950. The summed E-state index contributed by atoms with van der Waals surface area (Å²) in [7, 11) is 0. The van der Waals surface area contributed by atoms with E-state index in [2.05, 4.69) is 51.4 Å². The van der Waals surface area contributed by atoms with Gasteiger partial charge in [0.05, 0.1) is 6.33 Å². The smallest absolute Gasteiger partial charge is 0.251 e. The molecule has 0 radical (unpaired) electrons. The molecule has 2 aromatic carbocycles. The van der Waals surface area contributed by atoms with Gasteiger partial charge < -0.3 is 25.0 Å². The number of hydrogen-bond donors (Lipinski definition) is 2. The van der Waals surface area contributed by atoms with Crippen molar-refractivity contribution in [3.05, 3.63) is 72.1 Å². The Morgan fingerprint density at radius 3 is 2.55 bits per heavy atom. The molecular weight excluding hydrogens is 476 g/mol. The molecule has 1 aliphatic heterocycles. The average molecular weight is 511 g/mol. The van der Waals surface area contributed by atoms with Gasteiger partial charge in [-0.15, -0.1) is 0 Å². The number of benzene rings is 2. The van der Waals surface area contributed by atoms with Crippen molar-refractivity contribution in [1.82, 2.24) is 29.7 Å². The second kappa shape index (κ2) is 10.4. The van der Waals surface area contributed by atoms with Crippen molar-refractivity contribution in [2.45, 2.75) is 38.8 Å². The first-order valence-corrected chi connectivity index (χ1v) is 13.6. The van der Waals surface area contributed by atoms with E-state index < -0.39 is 0 Å². The van der Waals surface area contributed by atoms with Crippen molar-refractivity contribution in [2.75, 3.05) is 42.9 Å². The van der Waals surface area contributed by atoms with Crippen LogP contribution in [0.25, 0.3) is 11.2 Å². The largest absolute Gasteiger partial charge is 0.349 e. The van der Waals surface area contributed by atoms with Crippen molar-refractivity contribution < 1.29 is 4.79 Å². The number of nitrogens with zero attached hydrogens (tertiary/aromatic N) is 6. The summed E-state index contributed by atoms with van der Waals surface area (Å²) in [5.74, 6) is 1.69. The molecule has 2 aromatic heterocycles. The molecule has 6 rings (SSSR count). The van der Waals surface area contributed by atoms with Gasteiger partial charge in [-0.05, 0) is 43.7 Å². The standard InChI is InChI=1S/C29H34N8O/c1-3-35-13-15-37(16-14-35)29-33-26(25-27(34-29)36(4-2)19-30-25)31-22-12-8-11-21(17-22)28(38)32-24-18-23(24)20-9-6-5-7-10-20/h5-12,17,19,23-24H,3-4,13-16,18H2,1-2H3,(H,32,38)(H,31,33,34)/t23-,24+/m0/s1. The van der Waals surface area contributed by atoms with Crippen LogP contribution >= 0.6 is 0 Å². The van der Waals surface area contributed by atoms with Crippen LogP contribution in [-0.2, 0) is 6.54 Å². The lowest BCUT2D eigenvalue weighted by atomic mass is 10.1. The van der Waals surface area contributed by atoms with Crippen LogP contribution < -0.4 is 15.5 Å². The second-order valence-corrected chi connectivity index (χ2v) is 10.0. The minimum atomic E-state index is -0.0605. The molecule has 1 saturated carbocycles. The summed E-state index contributed by atoms with van der Waals surface area (Å²) in [6, 6.07) is 18.1. The molecule has 2 N–H and O–H groups in total. The van der Waals surface area contributed by atoms with E-state index in [9.17, 15) is 4.79 Å². The maximum Gasteiger partial charge on any atom is 0.251 e. The Kier molecular flexibility index (Phi) is 6.68. The second-order valence-electron chi connectivity index (χ2n) is 10.0. The van der Waals surface area contributed by atoms with E-state index in [1.165, 1.54) is 5.56 Å². The van der Waals surface area contributed by atoms with Crippen LogP contribution in [0.2, 0.25) is 0 Å². The zero-order chi connectivity index (χ0) is 26.1. The molecule has 2 aliphatic rings. The predicted octanol–water partition coefficient (Wildman–Crippen LogP) is 4.02. The number of aromatic nitrogens is 4. The number of fused-ring (bicyclic) bond motifs is 1. The molecule has 0 unspecified atom stereocenters. The molecule has 4 aromatic rings. The molecule has 3 heterocycles. The summed E-state index contributed by atoms with van der Waals surface area (Å²) >= 11 is 0. The molecule has 2 atom stereocenters. The first-order chi connectivity index (χ1) is 18.6. The topological polar surface area (TPSA) is 91.2 Å². The molecule has 9 nitrogen and oxygen atoms in total. The van der Waals surface area contributed by atoms with E-state index in [-0.39, 0.29) is 11.9 Å². The van der Waals surface area contributed by atoms with Crippen molar-refractivity contribution in [3.63, 3.8) is 0 Å². The number of anilines is 3. The van der Waals surface area contributed by atoms with Crippen LogP contribution in [0.1, 0.15) is 42.1 Å². The molecule has 1 aliphatic carbocycles. The van der Waals surface area contributed by atoms with Crippen LogP contribution in [0.4, 0.5) is 17.5 Å². The molecule has 38 heavy (non-hydrogen) atoms. The fraction of sp³-hybridized carbons (Fsp3) is 0.379. The average Bonchev–Trinajstić information content (AvgIpc) is 3.60. The number of likely N-dealkylation sites (N-methyl/N-ethyl adjacent to an activating group) is 1. The van der Waals surface area contributed by atoms with Gasteiger partial charge in [0.1, 0.15) is 0 Å². The highest BCUT2D eigenvalue weighted by atomic mass is 16.1. The Morgan fingerprint density at radius 2 is 1.79 bits per heavy atom. The zero-order valence-electron chi connectivity index (χ0n) is 22.0. The maximum absolute atomic E-state index is 13.1. The normalized spacial score (nSPS) is 19.5. The Bertz CT molecular complexity index is 1430. The quantitative estimate of drug-likeness (QED) is 0.370. The highest BCUT2D eigenvalue weighted by Gasteiger charge is 2.39. The van der Waals surface area contributed by atoms with E-state index in [4.69, 9.17) is 9.97 Å². The highest BCUT2D eigenvalue weighted by Crippen LogP contribution is 2.40. The minimum Gasteiger partial charge on any atom is -0.349 e. The summed E-state index contributed by atoms with van der Waals surface area (Å²) < 4.78 is 2.04. The third-order valence-electron chi connectivity index (χ3n) is 7.62. The van der Waals surface area contributed by atoms with Crippen molar-refractivity contribution >= 4 is 34.5 Å². The lowest BCUT2D eigenvalue weighted by Crippen LogP contribution is -2.46. The number of carbonyl (C=O) groups excluding carboxylic acids is 1.